The number of furan rings is 1. The zero-order chi connectivity index (χ0) is 13.1. The first-order valence-corrected chi connectivity index (χ1v) is 6.10. The Kier molecular flexibility index (Phi) is 3.72. The van der Waals surface area contributed by atoms with Crippen LogP contribution in [0, 0.1) is 20.8 Å². The van der Waals surface area contributed by atoms with Crippen LogP contribution in [-0.2, 0) is 0 Å². The first kappa shape index (κ1) is 12.7. The van der Waals surface area contributed by atoms with Gasteiger partial charge in [-0.1, -0.05) is 6.07 Å². The molecule has 2 rings (SSSR count). The van der Waals surface area contributed by atoms with E-state index >= 15 is 0 Å². The highest BCUT2D eigenvalue weighted by Crippen LogP contribution is 2.24. The summed E-state index contributed by atoms with van der Waals surface area (Å²) in [6.07, 6.45) is -0.235. The Morgan fingerprint density at radius 3 is 2.44 bits per heavy atom. The predicted octanol–water partition coefficient (Wildman–Crippen LogP) is 3.28. The molecule has 0 amide bonds. The van der Waals surface area contributed by atoms with Crippen LogP contribution in [-0.4, -0.2) is 6.54 Å². The summed E-state index contributed by atoms with van der Waals surface area (Å²) in [5.41, 5.74) is 8.20. The summed E-state index contributed by atoms with van der Waals surface area (Å²) >= 11 is 0. The van der Waals surface area contributed by atoms with Crippen LogP contribution in [0.5, 0.6) is 5.75 Å². The van der Waals surface area contributed by atoms with Crippen molar-refractivity contribution in [2.24, 2.45) is 5.73 Å². The van der Waals surface area contributed by atoms with E-state index < -0.39 is 0 Å². The van der Waals surface area contributed by atoms with Gasteiger partial charge in [-0.2, -0.15) is 0 Å². The lowest BCUT2D eigenvalue weighted by Gasteiger charge is -2.16. The highest BCUT2D eigenvalue weighted by Gasteiger charge is 2.15. The molecular formula is C15H19NO2. The number of ether oxygens (including phenoxy) is 1. The third-order valence-corrected chi connectivity index (χ3v) is 3.05. The minimum atomic E-state index is -0.235. The van der Waals surface area contributed by atoms with Gasteiger partial charge in [0.15, 0.2) is 6.10 Å². The molecule has 3 nitrogen and oxygen atoms in total. The van der Waals surface area contributed by atoms with E-state index in [2.05, 4.69) is 13.8 Å². The van der Waals surface area contributed by atoms with Crippen LogP contribution in [0.1, 0.15) is 28.8 Å². The quantitative estimate of drug-likeness (QED) is 0.899. The molecule has 2 N–H and O–H groups in total. The maximum Gasteiger partial charge on any atom is 0.168 e. The van der Waals surface area contributed by atoms with E-state index in [1.54, 1.807) is 0 Å². The van der Waals surface area contributed by atoms with E-state index in [-0.39, 0.29) is 6.10 Å². The predicted molar refractivity (Wildman–Crippen MR) is 71.8 cm³/mol. The van der Waals surface area contributed by atoms with Gasteiger partial charge in [0.25, 0.3) is 0 Å². The molecule has 0 saturated carbocycles. The molecule has 0 aliphatic heterocycles. The van der Waals surface area contributed by atoms with E-state index in [4.69, 9.17) is 14.9 Å². The van der Waals surface area contributed by atoms with E-state index in [0.29, 0.717) is 6.54 Å². The molecule has 0 aliphatic carbocycles. The Morgan fingerprint density at radius 1 is 1.11 bits per heavy atom. The van der Waals surface area contributed by atoms with Crippen molar-refractivity contribution in [3.8, 4) is 5.75 Å². The van der Waals surface area contributed by atoms with Crippen LogP contribution >= 0.6 is 0 Å². The molecular weight excluding hydrogens is 226 g/mol. The fourth-order valence-electron chi connectivity index (χ4n) is 1.80. The van der Waals surface area contributed by atoms with E-state index in [1.807, 2.05) is 37.3 Å². The highest BCUT2D eigenvalue weighted by atomic mass is 16.5. The van der Waals surface area contributed by atoms with Gasteiger partial charge in [0, 0.05) is 6.54 Å². The number of hydrogen-bond donors (Lipinski definition) is 1. The topological polar surface area (TPSA) is 48.4 Å². The molecule has 0 saturated heterocycles. The van der Waals surface area contributed by atoms with Crippen molar-refractivity contribution in [3.63, 3.8) is 0 Å². The van der Waals surface area contributed by atoms with Crippen LogP contribution in [0.3, 0.4) is 0 Å². The van der Waals surface area contributed by atoms with Gasteiger partial charge in [0.05, 0.1) is 0 Å². The molecule has 0 spiro atoms. The van der Waals surface area contributed by atoms with Gasteiger partial charge in [0.1, 0.15) is 17.3 Å². The van der Waals surface area contributed by atoms with Gasteiger partial charge in [-0.3, -0.25) is 0 Å². The molecule has 0 bridgehead atoms. The minimum Gasteiger partial charge on any atom is -0.481 e. The molecule has 1 aromatic heterocycles. The SMILES string of the molecule is Cc1ccc(C(CN)Oc2ccc(C)c(C)c2)o1. The van der Waals surface area contributed by atoms with Crippen molar-refractivity contribution in [1.29, 1.82) is 0 Å². The van der Waals surface area contributed by atoms with Crippen molar-refractivity contribution in [3.05, 3.63) is 53.0 Å². The van der Waals surface area contributed by atoms with E-state index in [0.717, 1.165) is 17.3 Å². The average molecular weight is 245 g/mol. The van der Waals surface area contributed by atoms with Gasteiger partial charge >= 0.3 is 0 Å². The second-order valence-electron chi connectivity index (χ2n) is 4.54. The third-order valence-electron chi connectivity index (χ3n) is 3.05. The average Bonchev–Trinajstić information content (AvgIpc) is 2.77. The largest absolute Gasteiger partial charge is 0.481 e. The zero-order valence-electron chi connectivity index (χ0n) is 11.1. The monoisotopic (exact) mass is 245 g/mol. The molecule has 1 aromatic carbocycles. The molecule has 2 aromatic rings. The fraction of sp³-hybridized carbons (Fsp3) is 0.333. The summed E-state index contributed by atoms with van der Waals surface area (Å²) in [6.45, 7) is 6.44. The van der Waals surface area contributed by atoms with Crippen molar-refractivity contribution in [1.82, 2.24) is 0 Å². The molecule has 3 heteroatoms. The Bertz CT molecular complexity index is 531. The number of aryl methyl sites for hydroxylation is 3. The maximum absolute atomic E-state index is 5.88. The lowest BCUT2D eigenvalue weighted by molar-refractivity contribution is 0.182. The van der Waals surface area contributed by atoms with Crippen LogP contribution in [0.4, 0.5) is 0 Å². The van der Waals surface area contributed by atoms with Gasteiger partial charge in [-0.05, 0) is 56.2 Å². The molecule has 0 aliphatic rings. The number of hydrogen-bond acceptors (Lipinski definition) is 3. The smallest absolute Gasteiger partial charge is 0.168 e. The molecule has 18 heavy (non-hydrogen) atoms. The Morgan fingerprint density at radius 2 is 1.89 bits per heavy atom. The standard InChI is InChI=1S/C15H19NO2/c1-10-4-6-13(8-11(10)2)18-15(9-16)14-7-5-12(3)17-14/h4-8,15H,9,16H2,1-3H3. The summed E-state index contributed by atoms with van der Waals surface area (Å²) in [5, 5.41) is 0. The normalized spacial score (nSPS) is 12.4. The molecule has 1 heterocycles. The fourth-order valence-corrected chi connectivity index (χ4v) is 1.80. The highest BCUT2D eigenvalue weighted by molar-refractivity contribution is 5.34. The van der Waals surface area contributed by atoms with Crippen molar-refractivity contribution >= 4 is 0 Å². The number of benzene rings is 1. The minimum absolute atomic E-state index is 0.235. The third kappa shape index (κ3) is 2.74. The van der Waals surface area contributed by atoms with Crippen LogP contribution in [0.2, 0.25) is 0 Å². The summed E-state index contributed by atoms with van der Waals surface area (Å²) in [6, 6.07) is 9.86. The number of rotatable bonds is 4. The van der Waals surface area contributed by atoms with Crippen LogP contribution < -0.4 is 10.5 Å². The molecule has 1 unspecified atom stereocenters. The van der Waals surface area contributed by atoms with Crippen LogP contribution in [0.25, 0.3) is 0 Å². The van der Waals surface area contributed by atoms with Crippen molar-refractivity contribution < 1.29 is 9.15 Å². The summed E-state index contributed by atoms with van der Waals surface area (Å²) in [4.78, 5) is 0. The Hall–Kier alpha value is -1.74. The molecule has 1 atom stereocenters. The zero-order valence-corrected chi connectivity index (χ0v) is 11.1. The lowest BCUT2D eigenvalue weighted by Crippen LogP contribution is -2.17. The van der Waals surface area contributed by atoms with E-state index in [1.165, 1.54) is 11.1 Å². The van der Waals surface area contributed by atoms with Gasteiger partial charge in [0.2, 0.25) is 0 Å². The first-order chi connectivity index (χ1) is 8.60. The van der Waals surface area contributed by atoms with Gasteiger partial charge in [-0.15, -0.1) is 0 Å². The molecule has 0 radical (unpaired) electrons. The van der Waals surface area contributed by atoms with Crippen molar-refractivity contribution in [2.75, 3.05) is 6.54 Å². The summed E-state index contributed by atoms with van der Waals surface area (Å²) < 4.78 is 11.4. The van der Waals surface area contributed by atoms with Crippen LogP contribution in [0.15, 0.2) is 34.7 Å². The Balaban J connectivity index is 2.17. The number of nitrogens with two attached hydrogens (primary N) is 1. The second-order valence-corrected chi connectivity index (χ2v) is 4.54. The van der Waals surface area contributed by atoms with E-state index in [9.17, 15) is 0 Å². The molecule has 96 valence electrons. The first-order valence-electron chi connectivity index (χ1n) is 6.10. The van der Waals surface area contributed by atoms with Gasteiger partial charge < -0.3 is 14.9 Å². The Labute approximate surface area is 108 Å². The second kappa shape index (κ2) is 5.27. The molecule has 0 fully saturated rings. The maximum atomic E-state index is 5.88. The lowest BCUT2D eigenvalue weighted by atomic mass is 10.1. The summed E-state index contributed by atoms with van der Waals surface area (Å²) in [5.74, 6) is 2.46. The van der Waals surface area contributed by atoms with Gasteiger partial charge in [-0.25, -0.2) is 0 Å². The summed E-state index contributed by atoms with van der Waals surface area (Å²) in [7, 11) is 0. The van der Waals surface area contributed by atoms with Crippen molar-refractivity contribution in [2.45, 2.75) is 26.9 Å².